The number of ether oxygens (including phenoxy) is 1. The number of nitrogens with zero attached hydrogens (tertiary/aromatic N) is 3. The summed E-state index contributed by atoms with van der Waals surface area (Å²) >= 11 is 5.91. The molecule has 0 fully saturated rings. The van der Waals surface area contributed by atoms with Crippen molar-refractivity contribution in [1.29, 1.82) is 0 Å². The highest BCUT2D eigenvalue weighted by molar-refractivity contribution is 6.28. The van der Waals surface area contributed by atoms with Crippen LogP contribution in [0, 0.1) is 6.92 Å². The van der Waals surface area contributed by atoms with Crippen molar-refractivity contribution in [2.45, 2.75) is 33.3 Å². The van der Waals surface area contributed by atoms with E-state index in [1.807, 2.05) is 52.0 Å². The minimum Gasteiger partial charge on any atom is -0.443 e. The lowest BCUT2D eigenvalue weighted by molar-refractivity contribution is 0.0547. The molecule has 0 aliphatic rings. The van der Waals surface area contributed by atoms with Crippen molar-refractivity contribution in [1.82, 2.24) is 14.5 Å². The van der Waals surface area contributed by atoms with Gasteiger partial charge in [0.1, 0.15) is 5.60 Å². The van der Waals surface area contributed by atoms with Gasteiger partial charge in [-0.15, -0.1) is 0 Å². The number of fused-ring (bicyclic) bond motifs is 1. The van der Waals surface area contributed by atoms with E-state index in [2.05, 4.69) is 9.97 Å². The van der Waals surface area contributed by atoms with E-state index >= 15 is 0 Å². The summed E-state index contributed by atoms with van der Waals surface area (Å²) in [5, 5.41) is 1.06. The molecule has 5 nitrogen and oxygen atoms in total. The van der Waals surface area contributed by atoms with E-state index in [9.17, 15) is 4.79 Å². The lowest BCUT2D eigenvalue weighted by atomic mass is 10.2. The molecule has 24 heavy (non-hydrogen) atoms. The first-order chi connectivity index (χ1) is 11.2. The van der Waals surface area contributed by atoms with Crippen molar-refractivity contribution in [3.05, 3.63) is 47.4 Å². The Kier molecular flexibility index (Phi) is 4.05. The molecule has 2 heterocycles. The quantitative estimate of drug-likeness (QED) is 0.593. The minimum atomic E-state index is -0.599. The summed E-state index contributed by atoms with van der Waals surface area (Å²) in [4.78, 5) is 20.9. The third kappa shape index (κ3) is 3.26. The van der Waals surface area contributed by atoms with Gasteiger partial charge in [0.05, 0.1) is 16.9 Å². The molecule has 2 aromatic heterocycles. The second kappa shape index (κ2) is 5.91. The highest BCUT2D eigenvalue weighted by atomic mass is 35.5. The molecule has 0 amide bonds. The molecule has 3 aromatic rings. The summed E-state index contributed by atoms with van der Waals surface area (Å²) in [6, 6.07) is 9.53. The fourth-order valence-corrected chi connectivity index (χ4v) is 2.63. The fraction of sp³-hybridized carbons (Fsp3) is 0.278. The average molecular weight is 344 g/mol. The van der Waals surface area contributed by atoms with Crippen molar-refractivity contribution >= 4 is 28.6 Å². The van der Waals surface area contributed by atoms with Crippen LogP contribution in [0.25, 0.3) is 22.3 Å². The molecular formula is C18H18ClN3O2. The second-order valence-electron chi connectivity index (χ2n) is 6.62. The van der Waals surface area contributed by atoms with E-state index in [4.69, 9.17) is 16.3 Å². The molecule has 0 unspecified atom stereocenters. The summed E-state index contributed by atoms with van der Waals surface area (Å²) in [7, 11) is 0. The molecule has 0 saturated heterocycles. The van der Waals surface area contributed by atoms with Crippen LogP contribution in [0.1, 0.15) is 26.3 Å². The number of hydrogen-bond donors (Lipinski definition) is 0. The number of benzene rings is 1. The number of aryl methyl sites for hydroxylation is 1. The third-order valence-electron chi connectivity index (χ3n) is 3.42. The lowest BCUT2D eigenvalue weighted by Gasteiger charge is -2.21. The van der Waals surface area contributed by atoms with Gasteiger partial charge in [-0.2, -0.15) is 0 Å². The molecule has 6 heteroatoms. The lowest BCUT2D eigenvalue weighted by Crippen LogP contribution is -2.27. The SMILES string of the molecule is Cc1ccc2cc(-c3ccnc(Cl)n3)n(C(=O)OC(C)(C)C)c2c1. The molecule has 0 aliphatic carbocycles. The van der Waals surface area contributed by atoms with Crippen LogP contribution in [0.4, 0.5) is 4.79 Å². The average Bonchev–Trinajstić information content (AvgIpc) is 2.84. The number of halogens is 1. The van der Waals surface area contributed by atoms with E-state index in [1.54, 1.807) is 12.3 Å². The Hall–Kier alpha value is -2.40. The normalized spacial score (nSPS) is 11.7. The Bertz CT molecular complexity index is 926. The Balaban J connectivity index is 2.25. The summed E-state index contributed by atoms with van der Waals surface area (Å²) in [6.45, 7) is 7.49. The van der Waals surface area contributed by atoms with Gasteiger partial charge in [0, 0.05) is 11.6 Å². The molecule has 1 aromatic carbocycles. The zero-order chi connectivity index (χ0) is 17.5. The fourth-order valence-electron chi connectivity index (χ4n) is 2.48. The molecule has 0 saturated carbocycles. The van der Waals surface area contributed by atoms with E-state index < -0.39 is 11.7 Å². The summed E-state index contributed by atoms with van der Waals surface area (Å²) in [6.07, 6.45) is 1.11. The van der Waals surface area contributed by atoms with Gasteiger partial charge >= 0.3 is 6.09 Å². The predicted octanol–water partition coefficient (Wildman–Crippen LogP) is 4.84. The van der Waals surface area contributed by atoms with Crippen molar-refractivity contribution in [3.8, 4) is 11.4 Å². The van der Waals surface area contributed by atoms with Crippen molar-refractivity contribution in [3.63, 3.8) is 0 Å². The highest BCUT2D eigenvalue weighted by Gasteiger charge is 2.23. The van der Waals surface area contributed by atoms with Crippen LogP contribution in [0.2, 0.25) is 5.28 Å². The van der Waals surface area contributed by atoms with Gasteiger partial charge in [0.2, 0.25) is 5.28 Å². The molecule has 124 valence electrons. The Labute approximate surface area is 145 Å². The monoisotopic (exact) mass is 343 g/mol. The number of carbonyl (C=O) groups is 1. The van der Waals surface area contributed by atoms with Gasteiger partial charge < -0.3 is 4.74 Å². The minimum absolute atomic E-state index is 0.129. The molecule has 0 bridgehead atoms. The standard InChI is InChI=1S/C18H18ClN3O2/c1-11-5-6-12-10-15(13-7-8-20-16(19)21-13)22(14(12)9-11)17(23)24-18(2,3)4/h5-10H,1-4H3. The van der Waals surface area contributed by atoms with E-state index in [0.717, 1.165) is 16.5 Å². The molecule has 0 N–H and O–H groups in total. The summed E-state index contributed by atoms with van der Waals surface area (Å²) < 4.78 is 7.10. The largest absolute Gasteiger partial charge is 0.443 e. The van der Waals surface area contributed by atoms with Crippen LogP contribution in [0.15, 0.2) is 36.5 Å². The highest BCUT2D eigenvalue weighted by Crippen LogP contribution is 2.29. The van der Waals surface area contributed by atoms with Gasteiger partial charge in [0.25, 0.3) is 0 Å². The third-order valence-corrected chi connectivity index (χ3v) is 3.61. The van der Waals surface area contributed by atoms with Crippen LogP contribution in [-0.2, 0) is 4.74 Å². The van der Waals surface area contributed by atoms with E-state index in [0.29, 0.717) is 11.4 Å². The Morgan fingerprint density at radius 3 is 2.62 bits per heavy atom. The smallest absolute Gasteiger partial charge is 0.419 e. The topological polar surface area (TPSA) is 57.0 Å². The van der Waals surface area contributed by atoms with Crippen LogP contribution in [-0.4, -0.2) is 26.2 Å². The number of carbonyl (C=O) groups excluding carboxylic acids is 1. The number of aromatic nitrogens is 3. The summed E-state index contributed by atoms with van der Waals surface area (Å²) in [5.74, 6) is 0. The second-order valence-corrected chi connectivity index (χ2v) is 6.96. The first kappa shape index (κ1) is 16.5. The molecular weight excluding hydrogens is 326 g/mol. The van der Waals surface area contributed by atoms with Crippen LogP contribution in [0.5, 0.6) is 0 Å². The van der Waals surface area contributed by atoms with Gasteiger partial charge in [-0.25, -0.2) is 19.3 Å². The predicted molar refractivity (Wildman–Crippen MR) is 94.3 cm³/mol. The van der Waals surface area contributed by atoms with Crippen molar-refractivity contribution in [2.75, 3.05) is 0 Å². The van der Waals surface area contributed by atoms with Crippen LogP contribution in [0.3, 0.4) is 0 Å². The first-order valence-corrected chi connectivity index (χ1v) is 7.97. The van der Waals surface area contributed by atoms with Crippen LogP contribution < -0.4 is 0 Å². The van der Waals surface area contributed by atoms with Gasteiger partial charge in [-0.1, -0.05) is 12.1 Å². The van der Waals surface area contributed by atoms with Gasteiger partial charge in [-0.3, -0.25) is 0 Å². The zero-order valence-corrected chi connectivity index (χ0v) is 14.8. The Morgan fingerprint density at radius 1 is 1.21 bits per heavy atom. The molecule has 0 radical (unpaired) electrons. The molecule has 0 spiro atoms. The van der Waals surface area contributed by atoms with Gasteiger partial charge in [0.15, 0.2) is 0 Å². The van der Waals surface area contributed by atoms with Crippen molar-refractivity contribution in [2.24, 2.45) is 0 Å². The van der Waals surface area contributed by atoms with Gasteiger partial charge in [-0.05, 0) is 63.1 Å². The number of rotatable bonds is 1. The first-order valence-electron chi connectivity index (χ1n) is 7.59. The maximum absolute atomic E-state index is 12.8. The van der Waals surface area contributed by atoms with E-state index in [-0.39, 0.29) is 5.28 Å². The molecule has 3 rings (SSSR count). The number of hydrogen-bond acceptors (Lipinski definition) is 4. The molecule has 0 atom stereocenters. The maximum Gasteiger partial charge on any atom is 0.419 e. The van der Waals surface area contributed by atoms with Crippen molar-refractivity contribution < 1.29 is 9.53 Å². The Morgan fingerprint density at radius 2 is 1.96 bits per heavy atom. The summed E-state index contributed by atoms with van der Waals surface area (Å²) in [5.41, 5.74) is 2.41. The van der Waals surface area contributed by atoms with Crippen LogP contribution >= 0.6 is 11.6 Å². The zero-order valence-electron chi connectivity index (χ0n) is 14.0. The maximum atomic E-state index is 12.8. The molecule has 0 aliphatic heterocycles. The van der Waals surface area contributed by atoms with E-state index in [1.165, 1.54) is 4.57 Å².